The van der Waals surface area contributed by atoms with E-state index in [4.69, 9.17) is 4.74 Å². The highest BCUT2D eigenvalue weighted by Gasteiger charge is 2.36. The molecular weight excluding hydrogens is 198 g/mol. The Morgan fingerprint density at radius 3 is 1.94 bits per heavy atom. The number of ether oxygens (including phenoxy) is 1. The monoisotopic (exact) mass is 229 g/mol. The van der Waals surface area contributed by atoms with E-state index in [1.54, 1.807) is 0 Å². The minimum Gasteiger partial charge on any atom is -0.374 e. The first-order valence-electron chi connectivity index (χ1n) is 6.93. The van der Waals surface area contributed by atoms with Crippen LogP contribution in [0.15, 0.2) is 0 Å². The van der Waals surface area contributed by atoms with E-state index in [0.717, 1.165) is 26.0 Å². The van der Waals surface area contributed by atoms with Crippen LogP contribution in [0.25, 0.3) is 0 Å². The molecule has 0 radical (unpaired) electrons. The van der Waals surface area contributed by atoms with Gasteiger partial charge in [0.2, 0.25) is 0 Å². The Labute approximate surface area is 102 Å². The van der Waals surface area contributed by atoms with Crippen LogP contribution in [0.5, 0.6) is 0 Å². The largest absolute Gasteiger partial charge is 0.374 e. The van der Waals surface area contributed by atoms with E-state index in [1.807, 2.05) is 0 Å². The van der Waals surface area contributed by atoms with Crippen molar-refractivity contribution in [2.45, 2.75) is 72.4 Å². The van der Waals surface area contributed by atoms with Gasteiger partial charge in [0.15, 0.2) is 0 Å². The van der Waals surface area contributed by atoms with Gasteiger partial charge in [0.05, 0.1) is 5.60 Å². The molecule has 0 aliphatic heterocycles. The molecule has 1 atom stereocenters. The molecule has 2 nitrogen and oxygen atoms in total. The molecule has 0 aromatic heterocycles. The minimum absolute atomic E-state index is 0.0228. The number of likely N-dealkylation sites (N-methyl/N-ethyl adjacent to an activating group) is 1. The summed E-state index contributed by atoms with van der Waals surface area (Å²) in [4.78, 5) is 0. The summed E-state index contributed by atoms with van der Waals surface area (Å²) >= 11 is 0. The normalized spacial score (nSPS) is 14.4. The second-order valence-electron chi connectivity index (χ2n) is 4.94. The van der Waals surface area contributed by atoms with E-state index in [-0.39, 0.29) is 5.60 Å². The Balaban J connectivity index is 4.75. The number of hydrogen-bond acceptors (Lipinski definition) is 2. The van der Waals surface area contributed by atoms with Crippen LogP contribution in [0, 0.1) is 5.92 Å². The van der Waals surface area contributed by atoms with Gasteiger partial charge in [-0.3, -0.25) is 0 Å². The van der Waals surface area contributed by atoms with Gasteiger partial charge in [-0.15, -0.1) is 0 Å². The number of nitrogens with one attached hydrogen (secondary N) is 1. The summed E-state index contributed by atoms with van der Waals surface area (Å²) < 4.78 is 6.08. The van der Waals surface area contributed by atoms with Gasteiger partial charge in [0, 0.05) is 12.6 Å². The molecule has 98 valence electrons. The van der Waals surface area contributed by atoms with Crippen molar-refractivity contribution in [1.82, 2.24) is 5.32 Å². The molecule has 0 saturated carbocycles. The van der Waals surface area contributed by atoms with Crippen molar-refractivity contribution in [1.29, 1.82) is 0 Å². The first-order valence-corrected chi connectivity index (χ1v) is 6.93. The Morgan fingerprint density at radius 2 is 1.62 bits per heavy atom. The molecule has 0 fully saturated rings. The summed E-state index contributed by atoms with van der Waals surface area (Å²) in [5.74, 6) is 0.710. The highest BCUT2D eigenvalue weighted by molar-refractivity contribution is 4.92. The van der Waals surface area contributed by atoms with Crippen LogP contribution in [0.3, 0.4) is 0 Å². The lowest BCUT2D eigenvalue weighted by Crippen LogP contribution is -2.52. The molecule has 0 rings (SSSR count). The highest BCUT2D eigenvalue weighted by Crippen LogP contribution is 2.28. The van der Waals surface area contributed by atoms with Crippen molar-refractivity contribution in [3.05, 3.63) is 0 Å². The lowest BCUT2D eigenvalue weighted by Gasteiger charge is -2.40. The predicted molar refractivity (Wildman–Crippen MR) is 71.9 cm³/mol. The van der Waals surface area contributed by atoms with Crippen molar-refractivity contribution >= 4 is 0 Å². The lowest BCUT2D eigenvalue weighted by atomic mass is 9.83. The zero-order valence-electron chi connectivity index (χ0n) is 12.1. The first kappa shape index (κ1) is 15.9. The van der Waals surface area contributed by atoms with Gasteiger partial charge in [-0.25, -0.2) is 0 Å². The zero-order chi connectivity index (χ0) is 12.6. The molecule has 0 aromatic carbocycles. The molecule has 0 saturated heterocycles. The van der Waals surface area contributed by atoms with Gasteiger partial charge in [0.1, 0.15) is 0 Å². The number of rotatable bonds is 9. The SMILES string of the molecule is CCNC(CC(C)C)C(CC)(CC)OCC. The molecule has 16 heavy (non-hydrogen) atoms. The fraction of sp³-hybridized carbons (Fsp3) is 1.00. The van der Waals surface area contributed by atoms with Gasteiger partial charge < -0.3 is 10.1 Å². The van der Waals surface area contributed by atoms with Gasteiger partial charge in [-0.05, 0) is 38.6 Å². The van der Waals surface area contributed by atoms with Crippen molar-refractivity contribution in [2.24, 2.45) is 5.92 Å². The minimum atomic E-state index is 0.0228. The van der Waals surface area contributed by atoms with Crippen molar-refractivity contribution < 1.29 is 4.74 Å². The summed E-state index contributed by atoms with van der Waals surface area (Å²) in [6, 6.07) is 0.479. The number of hydrogen-bond donors (Lipinski definition) is 1. The summed E-state index contributed by atoms with van der Waals surface area (Å²) in [7, 11) is 0. The maximum atomic E-state index is 6.08. The van der Waals surface area contributed by atoms with Gasteiger partial charge in [0.25, 0.3) is 0 Å². The third kappa shape index (κ3) is 4.42. The van der Waals surface area contributed by atoms with Crippen LogP contribution in [0.1, 0.15) is 60.8 Å². The average molecular weight is 229 g/mol. The Hall–Kier alpha value is -0.0800. The third-order valence-corrected chi connectivity index (χ3v) is 3.42. The molecule has 1 unspecified atom stereocenters. The van der Waals surface area contributed by atoms with Crippen molar-refractivity contribution in [2.75, 3.05) is 13.2 Å². The molecule has 0 heterocycles. The van der Waals surface area contributed by atoms with Crippen LogP contribution in [-0.4, -0.2) is 24.8 Å². The van der Waals surface area contributed by atoms with E-state index < -0.39 is 0 Å². The van der Waals surface area contributed by atoms with Crippen molar-refractivity contribution in [3.8, 4) is 0 Å². The summed E-state index contributed by atoms with van der Waals surface area (Å²) in [6.07, 6.45) is 3.36. The smallest absolute Gasteiger partial charge is 0.0829 e. The standard InChI is InChI=1S/C14H31NO/c1-7-14(8-2,16-10-4)13(15-9-3)11-12(5)6/h12-13,15H,7-11H2,1-6H3. The second-order valence-corrected chi connectivity index (χ2v) is 4.94. The molecule has 1 N–H and O–H groups in total. The summed E-state index contributed by atoms with van der Waals surface area (Å²) in [6.45, 7) is 15.1. The molecule has 0 bridgehead atoms. The van der Waals surface area contributed by atoms with Crippen LogP contribution in [0.4, 0.5) is 0 Å². The van der Waals surface area contributed by atoms with Gasteiger partial charge in [-0.1, -0.05) is 34.6 Å². The predicted octanol–water partition coefficient (Wildman–Crippen LogP) is 3.61. The van der Waals surface area contributed by atoms with E-state index in [9.17, 15) is 0 Å². The van der Waals surface area contributed by atoms with Crippen molar-refractivity contribution in [3.63, 3.8) is 0 Å². The fourth-order valence-corrected chi connectivity index (χ4v) is 2.54. The fourth-order valence-electron chi connectivity index (χ4n) is 2.54. The van der Waals surface area contributed by atoms with Crippen LogP contribution in [-0.2, 0) is 4.74 Å². The van der Waals surface area contributed by atoms with Gasteiger partial charge in [-0.2, -0.15) is 0 Å². The lowest BCUT2D eigenvalue weighted by molar-refractivity contribution is -0.0757. The van der Waals surface area contributed by atoms with Crippen LogP contribution in [0.2, 0.25) is 0 Å². The van der Waals surface area contributed by atoms with Gasteiger partial charge >= 0.3 is 0 Å². The quantitative estimate of drug-likeness (QED) is 0.652. The molecule has 0 aromatic rings. The summed E-state index contributed by atoms with van der Waals surface area (Å²) in [5, 5.41) is 3.62. The van der Waals surface area contributed by atoms with E-state index >= 15 is 0 Å². The maximum absolute atomic E-state index is 6.08. The third-order valence-electron chi connectivity index (χ3n) is 3.42. The molecule has 0 aliphatic carbocycles. The molecular formula is C14H31NO. The van der Waals surface area contributed by atoms with E-state index in [1.165, 1.54) is 6.42 Å². The van der Waals surface area contributed by atoms with E-state index in [0.29, 0.717) is 12.0 Å². The molecule has 0 spiro atoms. The molecule has 2 heteroatoms. The second kappa shape index (κ2) is 8.08. The summed E-state index contributed by atoms with van der Waals surface area (Å²) in [5.41, 5.74) is 0.0228. The molecule has 0 aliphatic rings. The highest BCUT2D eigenvalue weighted by atomic mass is 16.5. The Morgan fingerprint density at radius 1 is 1.06 bits per heavy atom. The van der Waals surface area contributed by atoms with Crippen LogP contribution >= 0.6 is 0 Å². The van der Waals surface area contributed by atoms with Crippen LogP contribution < -0.4 is 5.32 Å². The Bertz CT molecular complexity index is 164. The topological polar surface area (TPSA) is 21.3 Å². The molecule has 0 amide bonds. The average Bonchev–Trinajstić information content (AvgIpc) is 2.25. The van der Waals surface area contributed by atoms with E-state index in [2.05, 4.69) is 46.9 Å². The first-order chi connectivity index (χ1) is 7.56. The Kier molecular flexibility index (Phi) is 8.04. The zero-order valence-corrected chi connectivity index (χ0v) is 12.1. The maximum Gasteiger partial charge on any atom is 0.0829 e.